The Labute approximate surface area is 176 Å². The molecule has 2 heterocycles. The van der Waals surface area contributed by atoms with Gasteiger partial charge in [0, 0.05) is 39.4 Å². The molecule has 1 aliphatic carbocycles. The van der Waals surface area contributed by atoms with Gasteiger partial charge in [0.05, 0.1) is 5.41 Å². The van der Waals surface area contributed by atoms with Gasteiger partial charge in [-0.05, 0) is 24.5 Å². The second kappa shape index (κ2) is 7.55. The number of rotatable bonds is 5. The summed E-state index contributed by atoms with van der Waals surface area (Å²) in [6, 6.07) is 11.2. The lowest BCUT2D eigenvalue weighted by Crippen LogP contribution is -2.57. The van der Waals surface area contributed by atoms with Crippen molar-refractivity contribution in [2.45, 2.75) is 29.6 Å². The van der Waals surface area contributed by atoms with E-state index in [1.807, 2.05) is 30.3 Å². The summed E-state index contributed by atoms with van der Waals surface area (Å²) in [6.07, 6.45) is 4.07. The molecule has 1 aromatic heterocycles. The lowest BCUT2D eigenvalue weighted by molar-refractivity contribution is -0.142. The largest absolute Gasteiger partial charge is 0.364 e. The molecule has 1 saturated carbocycles. The van der Waals surface area contributed by atoms with E-state index >= 15 is 0 Å². The molecule has 0 spiro atoms. The van der Waals surface area contributed by atoms with Crippen LogP contribution in [0.3, 0.4) is 0 Å². The molecule has 2 aromatic rings. The van der Waals surface area contributed by atoms with Crippen LogP contribution in [0.25, 0.3) is 0 Å². The Hall–Kier alpha value is -2.65. The first-order valence-corrected chi connectivity index (χ1v) is 11.5. The van der Waals surface area contributed by atoms with Crippen LogP contribution in [0.5, 0.6) is 0 Å². The van der Waals surface area contributed by atoms with Crippen molar-refractivity contribution in [3.63, 3.8) is 0 Å². The van der Waals surface area contributed by atoms with Crippen LogP contribution in [-0.2, 0) is 27.3 Å². The molecule has 160 valence electrons. The summed E-state index contributed by atoms with van der Waals surface area (Å²) in [7, 11) is -2.18. The lowest BCUT2D eigenvalue weighted by atomic mass is 9.63. The van der Waals surface area contributed by atoms with Crippen molar-refractivity contribution in [3.8, 4) is 0 Å². The highest BCUT2D eigenvalue weighted by Gasteiger charge is 2.48. The van der Waals surface area contributed by atoms with Crippen LogP contribution in [-0.4, -0.2) is 60.2 Å². The summed E-state index contributed by atoms with van der Waals surface area (Å²) in [5.41, 5.74) is 6.00. The Bertz CT molecular complexity index is 1070. The number of benzene rings is 1. The van der Waals surface area contributed by atoms with E-state index in [0.29, 0.717) is 13.1 Å². The SMILES string of the molecule is Cn1cc(S(=O)(=O)N2CCN(C(=O)C3(c4ccccc4)CCC3)CC2)cc1C(N)=O. The highest BCUT2D eigenvalue weighted by atomic mass is 32.2. The summed E-state index contributed by atoms with van der Waals surface area (Å²) in [5.74, 6) is -0.589. The first-order chi connectivity index (χ1) is 14.3. The van der Waals surface area contributed by atoms with E-state index in [2.05, 4.69) is 0 Å². The number of primary amides is 1. The van der Waals surface area contributed by atoms with Gasteiger partial charge in [-0.1, -0.05) is 36.8 Å². The van der Waals surface area contributed by atoms with E-state index in [1.165, 1.54) is 21.1 Å². The van der Waals surface area contributed by atoms with Crippen LogP contribution < -0.4 is 5.73 Å². The Morgan fingerprint density at radius 1 is 1.03 bits per heavy atom. The number of piperazine rings is 1. The molecule has 0 bridgehead atoms. The molecule has 4 rings (SSSR count). The van der Waals surface area contributed by atoms with Gasteiger partial charge in [0.15, 0.2) is 0 Å². The van der Waals surface area contributed by atoms with Gasteiger partial charge in [0.25, 0.3) is 5.91 Å². The number of hydrogen-bond acceptors (Lipinski definition) is 4. The van der Waals surface area contributed by atoms with Crippen LogP contribution in [0.15, 0.2) is 47.5 Å². The summed E-state index contributed by atoms with van der Waals surface area (Å²) in [5, 5.41) is 0. The third kappa shape index (κ3) is 3.31. The monoisotopic (exact) mass is 430 g/mol. The van der Waals surface area contributed by atoms with Crippen LogP contribution in [0.1, 0.15) is 35.3 Å². The van der Waals surface area contributed by atoms with Gasteiger partial charge in [-0.2, -0.15) is 4.31 Å². The van der Waals surface area contributed by atoms with Crippen molar-refractivity contribution in [2.24, 2.45) is 12.8 Å². The van der Waals surface area contributed by atoms with Crippen molar-refractivity contribution in [1.29, 1.82) is 0 Å². The normalized spacial score (nSPS) is 19.3. The maximum Gasteiger partial charge on any atom is 0.265 e. The maximum absolute atomic E-state index is 13.4. The number of sulfonamides is 1. The summed E-state index contributed by atoms with van der Waals surface area (Å²) >= 11 is 0. The van der Waals surface area contributed by atoms with E-state index in [0.717, 1.165) is 24.8 Å². The fourth-order valence-corrected chi connectivity index (χ4v) is 5.91. The third-order valence-corrected chi connectivity index (χ3v) is 8.20. The molecule has 2 amide bonds. The molecule has 0 radical (unpaired) electrons. The molecular formula is C21H26N4O4S. The first kappa shape index (κ1) is 20.6. The maximum atomic E-state index is 13.4. The molecule has 0 unspecified atom stereocenters. The third-order valence-electron chi connectivity index (χ3n) is 6.34. The second-order valence-electron chi connectivity index (χ2n) is 8.03. The molecular weight excluding hydrogens is 404 g/mol. The van der Waals surface area contributed by atoms with Gasteiger partial charge in [0.2, 0.25) is 15.9 Å². The number of carbonyl (C=O) groups excluding carboxylic acids is 2. The minimum Gasteiger partial charge on any atom is -0.364 e. The first-order valence-electron chi connectivity index (χ1n) is 10.1. The standard InChI is InChI=1S/C21H26N4O4S/c1-23-15-17(14-18(23)19(22)26)30(28,29)25-12-10-24(11-13-25)20(27)21(8-5-9-21)16-6-3-2-4-7-16/h2-4,6-7,14-15H,5,8-13H2,1H3,(H2,22,26). The molecule has 1 aromatic carbocycles. The number of nitrogens with two attached hydrogens (primary N) is 1. The van der Waals surface area contributed by atoms with E-state index in [-0.39, 0.29) is 29.6 Å². The number of aryl methyl sites for hydroxylation is 1. The predicted octanol–water partition coefficient (Wildman–Crippen LogP) is 1.08. The zero-order chi connectivity index (χ0) is 21.5. The van der Waals surface area contributed by atoms with Gasteiger partial charge in [-0.3, -0.25) is 9.59 Å². The van der Waals surface area contributed by atoms with E-state index in [4.69, 9.17) is 5.73 Å². The van der Waals surface area contributed by atoms with Gasteiger partial charge in [-0.15, -0.1) is 0 Å². The molecule has 8 nitrogen and oxygen atoms in total. The molecule has 2 aliphatic rings. The van der Waals surface area contributed by atoms with Gasteiger partial charge in [0.1, 0.15) is 10.6 Å². The molecule has 2 N–H and O–H groups in total. The van der Waals surface area contributed by atoms with Crippen LogP contribution >= 0.6 is 0 Å². The minimum atomic E-state index is -3.76. The van der Waals surface area contributed by atoms with Crippen LogP contribution in [0, 0.1) is 0 Å². The zero-order valence-electron chi connectivity index (χ0n) is 17.0. The predicted molar refractivity (Wildman–Crippen MR) is 111 cm³/mol. The summed E-state index contributed by atoms with van der Waals surface area (Å²) in [4.78, 5) is 26.6. The number of hydrogen-bond donors (Lipinski definition) is 1. The molecule has 1 saturated heterocycles. The highest BCUT2D eigenvalue weighted by Crippen LogP contribution is 2.45. The summed E-state index contributed by atoms with van der Waals surface area (Å²) in [6.45, 7) is 1.14. The molecule has 1 aliphatic heterocycles. The Kier molecular flexibility index (Phi) is 5.19. The number of nitrogens with zero attached hydrogens (tertiary/aromatic N) is 3. The Morgan fingerprint density at radius 2 is 1.67 bits per heavy atom. The Morgan fingerprint density at radius 3 is 2.17 bits per heavy atom. The topological polar surface area (TPSA) is 106 Å². The quantitative estimate of drug-likeness (QED) is 0.766. The van der Waals surface area contributed by atoms with E-state index in [9.17, 15) is 18.0 Å². The second-order valence-corrected chi connectivity index (χ2v) is 9.97. The van der Waals surface area contributed by atoms with Crippen molar-refractivity contribution in [2.75, 3.05) is 26.2 Å². The number of carbonyl (C=O) groups is 2. The number of aromatic nitrogens is 1. The lowest BCUT2D eigenvalue weighted by Gasteiger charge is -2.45. The van der Waals surface area contributed by atoms with Crippen LogP contribution in [0.2, 0.25) is 0 Å². The van der Waals surface area contributed by atoms with Gasteiger partial charge in [-0.25, -0.2) is 8.42 Å². The van der Waals surface area contributed by atoms with Crippen molar-refractivity contribution >= 4 is 21.8 Å². The van der Waals surface area contributed by atoms with Crippen molar-refractivity contribution < 1.29 is 18.0 Å². The van der Waals surface area contributed by atoms with E-state index in [1.54, 1.807) is 11.9 Å². The summed E-state index contributed by atoms with van der Waals surface area (Å²) < 4.78 is 28.8. The molecule has 0 atom stereocenters. The Balaban J connectivity index is 1.48. The van der Waals surface area contributed by atoms with E-state index < -0.39 is 21.3 Å². The van der Waals surface area contributed by atoms with Crippen molar-refractivity contribution in [3.05, 3.63) is 53.9 Å². The molecule has 9 heteroatoms. The van der Waals surface area contributed by atoms with Gasteiger partial charge < -0.3 is 15.2 Å². The fourth-order valence-electron chi connectivity index (χ4n) is 4.42. The van der Waals surface area contributed by atoms with Crippen LogP contribution in [0.4, 0.5) is 0 Å². The van der Waals surface area contributed by atoms with Gasteiger partial charge >= 0.3 is 0 Å². The average molecular weight is 431 g/mol. The zero-order valence-corrected chi connectivity index (χ0v) is 17.8. The molecule has 30 heavy (non-hydrogen) atoms. The highest BCUT2D eigenvalue weighted by molar-refractivity contribution is 7.89. The minimum absolute atomic E-state index is 0.0401. The average Bonchev–Trinajstić information content (AvgIpc) is 3.11. The molecule has 2 fully saturated rings. The van der Waals surface area contributed by atoms with Crippen molar-refractivity contribution in [1.82, 2.24) is 13.8 Å². The number of amides is 2. The fraction of sp³-hybridized carbons (Fsp3) is 0.429. The smallest absolute Gasteiger partial charge is 0.265 e.